The van der Waals surface area contributed by atoms with Crippen molar-refractivity contribution in [3.63, 3.8) is 0 Å². The Labute approximate surface area is 175 Å². The minimum absolute atomic E-state index is 0.0391. The van der Waals surface area contributed by atoms with Gasteiger partial charge in [-0.1, -0.05) is 50.6 Å². The summed E-state index contributed by atoms with van der Waals surface area (Å²) in [5.74, 6) is 0.242. The largest absolute Gasteiger partial charge is 0.281 e. The summed E-state index contributed by atoms with van der Waals surface area (Å²) in [6.45, 7) is 8.46. The van der Waals surface area contributed by atoms with Crippen molar-refractivity contribution >= 4 is 22.8 Å². The van der Waals surface area contributed by atoms with Gasteiger partial charge in [0.15, 0.2) is 11.5 Å². The van der Waals surface area contributed by atoms with E-state index in [0.717, 1.165) is 5.69 Å². The van der Waals surface area contributed by atoms with Gasteiger partial charge in [-0.3, -0.25) is 15.6 Å². The second-order valence-electron chi connectivity index (χ2n) is 8.26. The number of rotatable bonds is 4. The number of hydrazine groups is 1. The van der Waals surface area contributed by atoms with Crippen LogP contribution in [0.2, 0.25) is 0 Å². The van der Waals surface area contributed by atoms with Crippen LogP contribution in [0.15, 0.2) is 61.1 Å². The summed E-state index contributed by atoms with van der Waals surface area (Å²) in [7, 11) is 0. The summed E-state index contributed by atoms with van der Waals surface area (Å²) in [6, 6.07) is 15.6. The van der Waals surface area contributed by atoms with Crippen molar-refractivity contribution in [2.24, 2.45) is 0 Å². The van der Waals surface area contributed by atoms with Crippen molar-refractivity contribution < 1.29 is 4.79 Å². The maximum absolute atomic E-state index is 12.5. The molecule has 0 aliphatic carbocycles. The molecule has 4 rings (SSSR count). The molecule has 2 aromatic carbocycles. The van der Waals surface area contributed by atoms with Gasteiger partial charge in [0.25, 0.3) is 5.91 Å². The first-order chi connectivity index (χ1) is 14.3. The summed E-state index contributed by atoms with van der Waals surface area (Å²) in [5, 5.41) is 5.14. The van der Waals surface area contributed by atoms with Gasteiger partial charge in [0.05, 0.1) is 17.3 Å². The predicted octanol–water partition coefficient (Wildman–Crippen LogP) is 4.18. The average Bonchev–Trinajstić information content (AvgIpc) is 3.17. The highest BCUT2D eigenvalue weighted by atomic mass is 16.2. The standard InChI is InChI=1S/C23H24N6O/c1-15-5-11-18(12-6-15)29-21-19(13-26-29)20(24-14-25-21)27-28-22(30)16-7-9-17(10-8-16)23(2,3)4/h5-14H,1-4H3,(H,28,30)(H,24,25,27). The Balaban J connectivity index is 1.53. The van der Waals surface area contributed by atoms with E-state index in [4.69, 9.17) is 0 Å². The number of nitrogens with one attached hydrogen (secondary N) is 2. The van der Waals surface area contributed by atoms with E-state index < -0.39 is 0 Å². The Kier molecular flexibility index (Phi) is 4.95. The average molecular weight is 400 g/mol. The van der Waals surface area contributed by atoms with E-state index in [0.29, 0.717) is 22.4 Å². The van der Waals surface area contributed by atoms with Gasteiger partial charge in [0, 0.05) is 5.56 Å². The third kappa shape index (κ3) is 3.87. The Morgan fingerprint density at radius 2 is 1.67 bits per heavy atom. The van der Waals surface area contributed by atoms with Crippen LogP contribution in [0.4, 0.5) is 5.82 Å². The van der Waals surface area contributed by atoms with Gasteiger partial charge in [-0.2, -0.15) is 5.10 Å². The van der Waals surface area contributed by atoms with Crippen LogP contribution in [0.1, 0.15) is 42.3 Å². The Bertz CT molecular complexity index is 1190. The minimum atomic E-state index is -0.242. The highest BCUT2D eigenvalue weighted by molar-refractivity contribution is 5.96. The van der Waals surface area contributed by atoms with Crippen molar-refractivity contribution in [2.75, 3.05) is 5.43 Å². The second-order valence-corrected chi connectivity index (χ2v) is 8.26. The first-order valence-electron chi connectivity index (χ1n) is 9.75. The second kappa shape index (κ2) is 7.59. The summed E-state index contributed by atoms with van der Waals surface area (Å²) in [6.07, 6.45) is 3.13. The zero-order valence-corrected chi connectivity index (χ0v) is 17.5. The fraction of sp³-hybridized carbons (Fsp3) is 0.217. The lowest BCUT2D eigenvalue weighted by Gasteiger charge is -2.19. The Morgan fingerprint density at radius 3 is 2.33 bits per heavy atom. The van der Waals surface area contributed by atoms with Crippen LogP contribution in [0, 0.1) is 6.92 Å². The topological polar surface area (TPSA) is 84.7 Å². The summed E-state index contributed by atoms with van der Waals surface area (Å²) >= 11 is 0. The first-order valence-corrected chi connectivity index (χ1v) is 9.75. The van der Waals surface area contributed by atoms with E-state index in [1.165, 1.54) is 17.5 Å². The van der Waals surface area contributed by atoms with Crippen LogP contribution in [0.25, 0.3) is 16.7 Å². The highest BCUT2D eigenvalue weighted by Gasteiger charge is 2.15. The van der Waals surface area contributed by atoms with Crippen LogP contribution in [-0.4, -0.2) is 25.7 Å². The minimum Gasteiger partial charge on any atom is -0.281 e. The normalized spacial score (nSPS) is 11.5. The molecule has 2 aromatic heterocycles. The maximum atomic E-state index is 12.5. The van der Waals surface area contributed by atoms with E-state index in [1.807, 2.05) is 55.5 Å². The molecule has 0 bridgehead atoms. The fourth-order valence-electron chi connectivity index (χ4n) is 3.13. The van der Waals surface area contributed by atoms with E-state index in [1.54, 1.807) is 10.9 Å². The molecule has 0 atom stereocenters. The smallest absolute Gasteiger partial charge is 0.269 e. The number of anilines is 1. The molecule has 152 valence electrons. The maximum Gasteiger partial charge on any atom is 0.269 e. The van der Waals surface area contributed by atoms with Gasteiger partial charge < -0.3 is 0 Å². The summed E-state index contributed by atoms with van der Waals surface area (Å²) < 4.78 is 1.74. The number of fused-ring (bicyclic) bond motifs is 1. The van der Waals surface area contributed by atoms with Crippen molar-refractivity contribution in [1.29, 1.82) is 0 Å². The predicted molar refractivity (Wildman–Crippen MR) is 118 cm³/mol. The lowest BCUT2D eigenvalue weighted by Crippen LogP contribution is -2.30. The number of nitrogens with zero attached hydrogens (tertiary/aromatic N) is 4. The monoisotopic (exact) mass is 400 g/mol. The molecular weight excluding hydrogens is 376 g/mol. The SMILES string of the molecule is Cc1ccc(-n2ncc3c(NNC(=O)c4ccc(C(C)(C)C)cc4)ncnc32)cc1. The fourth-order valence-corrected chi connectivity index (χ4v) is 3.13. The number of amides is 1. The molecule has 0 saturated carbocycles. The number of carbonyl (C=O) groups is 1. The van der Waals surface area contributed by atoms with Crippen molar-refractivity contribution in [3.05, 3.63) is 77.7 Å². The van der Waals surface area contributed by atoms with Crippen molar-refractivity contribution in [2.45, 2.75) is 33.1 Å². The molecule has 0 saturated heterocycles. The molecule has 0 unspecified atom stereocenters. The first kappa shape index (κ1) is 19.6. The lowest BCUT2D eigenvalue weighted by molar-refractivity contribution is 0.0962. The van der Waals surface area contributed by atoms with Crippen LogP contribution in [0.3, 0.4) is 0 Å². The molecule has 2 heterocycles. The third-order valence-corrected chi connectivity index (χ3v) is 4.95. The molecular formula is C23H24N6O. The number of aromatic nitrogens is 4. The van der Waals surface area contributed by atoms with Crippen LogP contribution in [0.5, 0.6) is 0 Å². The third-order valence-electron chi connectivity index (χ3n) is 4.95. The van der Waals surface area contributed by atoms with Crippen LogP contribution in [-0.2, 0) is 5.41 Å². The van der Waals surface area contributed by atoms with E-state index in [9.17, 15) is 4.79 Å². The van der Waals surface area contributed by atoms with E-state index in [2.05, 4.69) is 46.7 Å². The molecule has 4 aromatic rings. The van der Waals surface area contributed by atoms with Gasteiger partial charge >= 0.3 is 0 Å². The molecule has 2 N–H and O–H groups in total. The van der Waals surface area contributed by atoms with Crippen molar-refractivity contribution in [3.8, 4) is 5.69 Å². The van der Waals surface area contributed by atoms with Gasteiger partial charge in [-0.15, -0.1) is 0 Å². The molecule has 30 heavy (non-hydrogen) atoms. The van der Waals surface area contributed by atoms with E-state index in [-0.39, 0.29) is 11.3 Å². The summed E-state index contributed by atoms with van der Waals surface area (Å²) in [4.78, 5) is 21.1. The number of hydrogen-bond acceptors (Lipinski definition) is 5. The van der Waals surface area contributed by atoms with E-state index >= 15 is 0 Å². The van der Waals surface area contributed by atoms with Gasteiger partial charge in [-0.25, -0.2) is 14.6 Å². The van der Waals surface area contributed by atoms with Crippen LogP contribution >= 0.6 is 0 Å². The highest BCUT2D eigenvalue weighted by Crippen LogP contribution is 2.23. The number of benzene rings is 2. The molecule has 0 aliphatic rings. The van der Waals surface area contributed by atoms with Crippen LogP contribution < -0.4 is 10.9 Å². The zero-order valence-electron chi connectivity index (χ0n) is 17.5. The molecule has 7 nitrogen and oxygen atoms in total. The van der Waals surface area contributed by atoms with Crippen molar-refractivity contribution in [1.82, 2.24) is 25.2 Å². The zero-order chi connectivity index (χ0) is 21.3. The van der Waals surface area contributed by atoms with Gasteiger partial charge in [0.2, 0.25) is 0 Å². The number of carbonyl (C=O) groups excluding carboxylic acids is 1. The molecule has 0 spiro atoms. The van der Waals surface area contributed by atoms with Gasteiger partial charge in [-0.05, 0) is 42.2 Å². The summed E-state index contributed by atoms with van der Waals surface area (Å²) in [5.41, 5.74) is 10.1. The Hall–Kier alpha value is -3.74. The number of hydrogen-bond donors (Lipinski definition) is 2. The molecule has 7 heteroatoms. The molecule has 1 amide bonds. The Morgan fingerprint density at radius 1 is 0.967 bits per heavy atom. The molecule has 0 fully saturated rings. The lowest BCUT2D eigenvalue weighted by atomic mass is 9.87. The number of aryl methyl sites for hydroxylation is 1. The molecule has 0 aliphatic heterocycles. The quantitative estimate of drug-likeness (QED) is 0.502. The van der Waals surface area contributed by atoms with Gasteiger partial charge in [0.1, 0.15) is 6.33 Å². The molecule has 0 radical (unpaired) electrons.